The molecule has 1 aromatic carbocycles. The van der Waals surface area contributed by atoms with E-state index in [1.54, 1.807) is 6.07 Å². The van der Waals surface area contributed by atoms with Crippen LogP contribution in [-0.2, 0) is 0 Å². The average Bonchev–Trinajstić information content (AvgIpc) is 2.68. The highest BCUT2D eigenvalue weighted by molar-refractivity contribution is 8.00. The Bertz CT molecular complexity index is 1120. The van der Waals surface area contributed by atoms with Gasteiger partial charge in [0.05, 0.1) is 10.9 Å². The Morgan fingerprint density at radius 2 is 1.90 bits per heavy atom. The number of alkyl halides is 3. The Labute approximate surface area is 171 Å². The third-order valence-corrected chi connectivity index (χ3v) is 4.56. The van der Waals surface area contributed by atoms with E-state index in [0.717, 1.165) is 18.2 Å². The van der Waals surface area contributed by atoms with Crippen molar-refractivity contribution in [3.05, 3.63) is 70.2 Å². The topological polar surface area (TPSA) is 101 Å². The second-order valence-corrected chi connectivity index (χ2v) is 7.09. The number of nitrogens with zero attached hydrogens (tertiary/aromatic N) is 3. The lowest BCUT2D eigenvalue weighted by Crippen LogP contribution is -2.29. The van der Waals surface area contributed by atoms with Crippen molar-refractivity contribution in [3.63, 3.8) is 0 Å². The zero-order valence-electron chi connectivity index (χ0n) is 15.2. The van der Waals surface area contributed by atoms with Crippen LogP contribution in [0.1, 0.15) is 29.0 Å². The van der Waals surface area contributed by atoms with Crippen LogP contribution in [0.3, 0.4) is 0 Å². The fraction of sp³-hybridized carbons (Fsp3) is 0.167. The zero-order chi connectivity index (χ0) is 21.9. The highest BCUT2D eigenvalue weighted by Gasteiger charge is 2.30. The minimum absolute atomic E-state index is 0.0134. The number of aromatic nitrogens is 4. The Hall–Kier alpha value is -3.28. The molecule has 156 valence electrons. The number of hydrogen-bond donors (Lipinski definition) is 2. The normalized spacial score (nSPS) is 12.4. The number of hydrogen-bond acceptors (Lipinski definition) is 6. The maximum absolute atomic E-state index is 14.0. The lowest BCUT2D eigenvalue weighted by Gasteiger charge is -2.15. The van der Waals surface area contributed by atoms with Crippen LogP contribution in [0, 0.1) is 5.82 Å². The first-order valence-electron chi connectivity index (χ1n) is 8.37. The van der Waals surface area contributed by atoms with Crippen molar-refractivity contribution in [2.24, 2.45) is 0 Å². The fourth-order valence-electron chi connectivity index (χ4n) is 2.45. The van der Waals surface area contributed by atoms with Gasteiger partial charge in [-0.3, -0.25) is 9.59 Å². The largest absolute Gasteiger partial charge is 0.446 e. The Balaban J connectivity index is 1.78. The van der Waals surface area contributed by atoms with Crippen molar-refractivity contribution >= 4 is 17.7 Å². The average molecular weight is 439 g/mol. The molecule has 0 fully saturated rings. The van der Waals surface area contributed by atoms with Crippen molar-refractivity contribution < 1.29 is 22.4 Å². The number of aromatic amines is 1. The molecular formula is C18H13F4N5O2S. The summed E-state index contributed by atoms with van der Waals surface area (Å²) in [6.45, 7) is 1.51. The van der Waals surface area contributed by atoms with E-state index in [4.69, 9.17) is 0 Å². The van der Waals surface area contributed by atoms with E-state index < -0.39 is 45.5 Å². The van der Waals surface area contributed by atoms with E-state index in [1.807, 2.05) is 0 Å². The predicted molar refractivity (Wildman–Crippen MR) is 100 cm³/mol. The minimum atomic E-state index is -4.62. The molecule has 2 N–H and O–H groups in total. The van der Waals surface area contributed by atoms with Gasteiger partial charge in [-0.2, -0.15) is 13.2 Å². The number of carbonyl (C=O) groups is 1. The summed E-state index contributed by atoms with van der Waals surface area (Å²) in [5, 5.41) is 2.52. The molecule has 0 aliphatic carbocycles. The second-order valence-electron chi connectivity index (χ2n) is 5.98. The standard InChI is InChI=1S/C18H13F4N5O2S/c1-9(10-3-4-13(11(19)7-10)30-18(20,21)22)25-17(29)12-8-14(28)27-16(26-12)15-23-5-2-6-24-15/h2-9H,1H3,(H,25,29)(H,26,27,28). The molecule has 12 heteroatoms. The molecule has 0 aliphatic rings. The first-order valence-corrected chi connectivity index (χ1v) is 9.19. The van der Waals surface area contributed by atoms with Crippen LogP contribution < -0.4 is 10.9 Å². The molecule has 2 aromatic heterocycles. The summed E-state index contributed by atoms with van der Waals surface area (Å²) < 4.78 is 51.3. The zero-order valence-corrected chi connectivity index (χ0v) is 16.0. The van der Waals surface area contributed by atoms with Gasteiger partial charge in [-0.05, 0) is 42.4 Å². The fourth-order valence-corrected chi connectivity index (χ4v) is 2.99. The first-order chi connectivity index (χ1) is 14.1. The third-order valence-electron chi connectivity index (χ3n) is 3.78. The Morgan fingerprint density at radius 1 is 1.20 bits per heavy atom. The number of nitrogens with one attached hydrogen (secondary N) is 2. The molecule has 2 heterocycles. The van der Waals surface area contributed by atoms with Crippen LogP contribution in [0.4, 0.5) is 17.6 Å². The summed E-state index contributed by atoms with van der Waals surface area (Å²) in [6.07, 6.45) is 2.87. The smallest absolute Gasteiger partial charge is 0.344 e. The molecule has 3 aromatic rings. The lowest BCUT2D eigenvalue weighted by molar-refractivity contribution is -0.0329. The van der Waals surface area contributed by atoms with Crippen LogP contribution in [0.5, 0.6) is 0 Å². The van der Waals surface area contributed by atoms with E-state index >= 15 is 0 Å². The number of halogens is 4. The third kappa shape index (κ3) is 5.41. The van der Waals surface area contributed by atoms with Crippen LogP contribution in [0.25, 0.3) is 11.6 Å². The Morgan fingerprint density at radius 3 is 2.53 bits per heavy atom. The molecule has 0 aliphatic heterocycles. The molecule has 1 unspecified atom stereocenters. The SMILES string of the molecule is CC(NC(=O)c1cc(=O)[nH]c(-c2ncccn2)n1)c1ccc(SC(F)(F)F)c(F)c1. The van der Waals surface area contributed by atoms with Crippen molar-refractivity contribution in [3.8, 4) is 11.6 Å². The summed E-state index contributed by atoms with van der Waals surface area (Å²) >= 11 is -0.563. The van der Waals surface area contributed by atoms with Crippen LogP contribution in [0.2, 0.25) is 0 Å². The predicted octanol–water partition coefficient (Wildman–Crippen LogP) is 3.47. The van der Waals surface area contributed by atoms with Gasteiger partial charge in [-0.25, -0.2) is 19.3 Å². The van der Waals surface area contributed by atoms with Gasteiger partial charge in [0.15, 0.2) is 11.6 Å². The molecule has 0 saturated heterocycles. The van der Waals surface area contributed by atoms with Crippen LogP contribution in [-0.4, -0.2) is 31.4 Å². The maximum atomic E-state index is 14.0. The quantitative estimate of drug-likeness (QED) is 0.467. The van der Waals surface area contributed by atoms with Crippen molar-refractivity contribution in [2.75, 3.05) is 0 Å². The first kappa shape index (κ1) is 21.4. The van der Waals surface area contributed by atoms with Gasteiger partial charge < -0.3 is 10.3 Å². The highest BCUT2D eigenvalue weighted by Crippen LogP contribution is 2.38. The molecule has 7 nitrogen and oxygen atoms in total. The molecule has 3 rings (SSSR count). The van der Waals surface area contributed by atoms with Gasteiger partial charge in [-0.15, -0.1) is 0 Å². The molecule has 0 radical (unpaired) electrons. The van der Waals surface area contributed by atoms with Crippen LogP contribution >= 0.6 is 11.8 Å². The van der Waals surface area contributed by atoms with E-state index in [-0.39, 0.29) is 22.9 Å². The second kappa shape index (κ2) is 8.61. The minimum Gasteiger partial charge on any atom is -0.344 e. The van der Waals surface area contributed by atoms with Gasteiger partial charge in [0.2, 0.25) is 0 Å². The van der Waals surface area contributed by atoms with E-state index in [9.17, 15) is 27.2 Å². The molecule has 30 heavy (non-hydrogen) atoms. The summed E-state index contributed by atoms with van der Waals surface area (Å²) in [7, 11) is 0. The number of H-pyrrole nitrogens is 1. The van der Waals surface area contributed by atoms with Gasteiger partial charge in [-0.1, -0.05) is 6.07 Å². The monoisotopic (exact) mass is 439 g/mol. The van der Waals surface area contributed by atoms with E-state index in [2.05, 4.69) is 25.3 Å². The molecule has 1 atom stereocenters. The molecule has 0 spiro atoms. The highest BCUT2D eigenvalue weighted by atomic mass is 32.2. The number of thioether (sulfide) groups is 1. The summed E-state index contributed by atoms with van der Waals surface area (Å²) in [6, 6.07) is 4.94. The number of benzene rings is 1. The van der Waals surface area contributed by atoms with E-state index in [0.29, 0.717) is 0 Å². The lowest BCUT2D eigenvalue weighted by atomic mass is 10.1. The summed E-state index contributed by atoms with van der Waals surface area (Å²) in [5.41, 5.74) is -5.21. The van der Waals surface area contributed by atoms with Crippen molar-refractivity contribution in [1.29, 1.82) is 0 Å². The molecular weight excluding hydrogens is 426 g/mol. The maximum Gasteiger partial charge on any atom is 0.446 e. The number of rotatable bonds is 5. The van der Waals surface area contributed by atoms with Crippen molar-refractivity contribution in [1.82, 2.24) is 25.3 Å². The van der Waals surface area contributed by atoms with Crippen LogP contribution in [0.15, 0.2) is 52.4 Å². The molecule has 1 amide bonds. The Kier molecular flexibility index (Phi) is 6.15. The number of carbonyl (C=O) groups excluding carboxylic acids is 1. The van der Waals surface area contributed by atoms with Gasteiger partial charge in [0, 0.05) is 18.5 Å². The van der Waals surface area contributed by atoms with Gasteiger partial charge >= 0.3 is 5.51 Å². The van der Waals surface area contributed by atoms with Crippen molar-refractivity contribution in [2.45, 2.75) is 23.4 Å². The summed E-state index contributed by atoms with van der Waals surface area (Å²) in [5.74, 6) is -1.70. The molecule has 0 saturated carbocycles. The van der Waals surface area contributed by atoms with Gasteiger partial charge in [0.25, 0.3) is 11.5 Å². The molecule has 0 bridgehead atoms. The van der Waals surface area contributed by atoms with E-state index in [1.165, 1.54) is 25.4 Å². The number of amides is 1. The van der Waals surface area contributed by atoms with Gasteiger partial charge in [0.1, 0.15) is 11.5 Å². The summed E-state index contributed by atoms with van der Waals surface area (Å²) in [4.78, 5) is 38.1.